The van der Waals surface area contributed by atoms with Crippen LogP contribution in [-0.2, 0) is 20.2 Å². The maximum atomic E-state index is 11.4. The van der Waals surface area contributed by atoms with Crippen LogP contribution in [0.1, 0.15) is 33.6 Å². The Morgan fingerprint density at radius 3 is 1.25 bits per heavy atom. The summed E-state index contributed by atoms with van der Waals surface area (Å²) >= 11 is 0. The second-order valence-corrected chi connectivity index (χ2v) is 10.0. The molecule has 0 radical (unpaired) electrons. The molecule has 14 heteroatoms. The summed E-state index contributed by atoms with van der Waals surface area (Å²) in [5.41, 5.74) is 0.377. The Hall–Kier alpha value is -3.98. The molecule has 0 aliphatic heterocycles. The van der Waals surface area contributed by atoms with Crippen LogP contribution in [0.5, 0.6) is 0 Å². The van der Waals surface area contributed by atoms with Crippen molar-refractivity contribution in [2.75, 3.05) is 0 Å². The predicted molar refractivity (Wildman–Crippen MR) is 130 cm³/mol. The van der Waals surface area contributed by atoms with Crippen LogP contribution in [0.15, 0.2) is 81.7 Å². The van der Waals surface area contributed by atoms with Crippen molar-refractivity contribution in [3.05, 3.63) is 92.8 Å². The average Bonchev–Trinajstić information content (AvgIpc) is 2.78. The van der Waals surface area contributed by atoms with Crippen molar-refractivity contribution in [1.82, 2.24) is 0 Å². The third kappa shape index (κ3) is 7.78. The van der Waals surface area contributed by atoms with Gasteiger partial charge in [0.2, 0.25) is 0 Å². The van der Waals surface area contributed by atoms with Gasteiger partial charge < -0.3 is 21.0 Å². The number of hydrogen-bond acceptors (Lipinski definition) is 8. The first-order chi connectivity index (χ1) is 16.6. The molecule has 2 aliphatic carbocycles. The summed E-state index contributed by atoms with van der Waals surface area (Å²) in [4.78, 5) is 19.7. The Morgan fingerprint density at radius 2 is 1.00 bits per heavy atom. The first-order valence-electron chi connectivity index (χ1n) is 9.78. The van der Waals surface area contributed by atoms with Crippen LogP contribution < -0.4 is 0 Å². The fourth-order valence-corrected chi connectivity index (χ4v) is 4.40. The Labute approximate surface area is 205 Å². The summed E-state index contributed by atoms with van der Waals surface area (Å²) in [7, 11) is -9.09. The first-order valence-corrected chi connectivity index (χ1v) is 12.7. The molecule has 0 atom stereocenters. The maximum absolute atomic E-state index is 11.4. The number of carboxylic acids is 2. The number of nitrogens with one attached hydrogen (secondary N) is 2. The highest BCUT2D eigenvalue weighted by Gasteiger charge is 2.23. The minimum absolute atomic E-state index is 0.00336. The van der Waals surface area contributed by atoms with E-state index in [1.807, 2.05) is 0 Å². The Kier molecular flexibility index (Phi) is 8.77. The van der Waals surface area contributed by atoms with Crippen molar-refractivity contribution in [3.63, 3.8) is 0 Å². The molecule has 0 aromatic heterocycles. The predicted octanol–water partition coefficient (Wildman–Crippen LogP) is 2.87. The average molecular weight is 537 g/mol. The molecule has 6 N–H and O–H groups in total. The van der Waals surface area contributed by atoms with Crippen molar-refractivity contribution in [2.24, 2.45) is 0 Å². The zero-order chi connectivity index (χ0) is 27.3. The molecule has 0 saturated heterocycles. The minimum atomic E-state index is -4.55. The van der Waals surface area contributed by atoms with Gasteiger partial charge in [0.25, 0.3) is 20.2 Å². The maximum Gasteiger partial charge on any atom is 0.335 e. The fourth-order valence-electron chi connectivity index (χ4n) is 2.92. The van der Waals surface area contributed by atoms with Gasteiger partial charge >= 0.3 is 11.9 Å². The molecular weight excluding hydrogens is 516 g/mol. The smallest absolute Gasteiger partial charge is 0.335 e. The van der Waals surface area contributed by atoms with Crippen LogP contribution in [0.2, 0.25) is 0 Å². The Bertz CT molecular complexity index is 1380. The first kappa shape index (κ1) is 28.3. The summed E-state index contributed by atoms with van der Waals surface area (Å²) in [6.45, 7) is 0. The van der Waals surface area contributed by atoms with E-state index in [1.54, 1.807) is 0 Å². The van der Waals surface area contributed by atoms with Crippen LogP contribution in [-0.4, -0.2) is 59.5 Å². The number of carboxylic acid groups (broad SMARTS) is 2. The molecule has 0 unspecified atom stereocenters. The van der Waals surface area contributed by atoms with Crippen LogP contribution in [0.4, 0.5) is 0 Å². The van der Waals surface area contributed by atoms with Crippen LogP contribution in [0.3, 0.4) is 0 Å². The number of benzene rings is 1. The van der Waals surface area contributed by atoms with Gasteiger partial charge in [-0.3, -0.25) is 9.11 Å². The number of carbonyl (C=O) groups is 2. The lowest BCUT2D eigenvalue weighted by Gasteiger charge is -2.13. The molecule has 0 spiro atoms. The Balaban J connectivity index is 0.000000319. The number of hydrogen-bond donors (Lipinski definition) is 6. The van der Waals surface area contributed by atoms with Crippen LogP contribution >= 0.6 is 0 Å². The van der Waals surface area contributed by atoms with E-state index >= 15 is 0 Å². The highest BCUT2D eigenvalue weighted by molar-refractivity contribution is 7.90. The molecular formula is C22H20N2O10S2. The molecule has 12 nitrogen and oxygen atoms in total. The quantitative estimate of drug-likeness (QED) is 0.291. The van der Waals surface area contributed by atoms with Gasteiger partial charge in [-0.2, -0.15) is 16.8 Å². The van der Waals surface area contributed by atoms with Crippen molar-refractivity contribution in [3.8, 4) is 0 Å². The monoisotopic (exact) mass is 536 g/mol. The van der Waals surface area contributed by atoms with Gasteiger partial charge in [0.05, 0.1) is 11.1 Å². The summed E-state index contributed by atoms with van der Waals surface area (Å²) < 4.78 is 64.0. The Morgan fingerprint density at radius 1 is 0.694 bits per heavy atom. The number of rotatable bonds is 6. The van der Waals surface area contributed by atoms with Crippen molar-refractivity contribution < 1.29 is 45.7 Å². The summed E-state index contributed by atoms with van der Waals surface area (Å²) in [6.07, 6.45) is 7.69. The van der Waals surface area contributed by atoms with E-state index in [0.29, 0.717) is 0 Å². The van der Waals surface area contributed by atoms with E-state index in [-0.39, 0.29) is 46.5 Å². The lowest BCUT2D eigenvalue weighted by atomic mass is 10.0. The van der Waals surface area contributed by atoms with E-state index in [4.69, 9.17) is 21.0 Å². The second kappa shape index (κ2) is 11.2. The lowest BCUT2D eigenvalue weighted by Crippen LogP contribution is -2.11. The highest BCUT2D eigenvalue weighted by atomic mass is 32.2. The van der Waals surface area contributed by atoms with E-state index in [1.165, 1.54) is 48.6 Å². The lowest BCUT2D eigenvalue weighted by molar-refractivity contribution is 0.0681. The molecule has 0 amide bonds. The third-order valence-electron chi connectivity index (χ3n) is 4.64. The molecule has 0 fully saturated rings. The van der Waals surface area contributed by atoms with Crippen LogP contribution in [0, 0.1) is 10.8 Å². The van der Waals surface area contributed by atoms with Gasteiger partial charge in [0.15, 0.2) is 0 Å². The zero-order valence-electron chi connectivity index (χ0n) is 18.2. The SMILES string of the molecule is N=C1C=C(S(=O)(=O)O)C(C=CC2=CCC(=N)C=C2S(=O)(=O)O)=CC1.O=C(O)c1ccc(C(=O)O)cc1. The topological polar surface area (TPSA) is 231 Å². The highest BCUT2D eigenvalue weighted by Crippen LogP contribution is 2.27. The van der Waals surface area contributed by atoms with Gasteiger partial charge in [-0.1, -0.05) is 24.3 Å². The standard InChI is InChI=1S/C14H14N2O6S2.C8H6O4/c15-11-5-3-9(13(7-11)23(17,18)19)1-2-10-4-6-12(16)8-14(10)24(20,21)22;9-7(10)5-1-2-6(4-3-5)8(11)12/h1-4,7-8,15-16H,5-6H2,(H,17,18,19)(H,20,21,22);1-4H,(H,9,10)(H,11,12). The molecule has 1 aromatic rings. The van der Waals surface area contributed by atoms with Gasteiger partial charge in [-0.05, 0) is 47.6 Å². The van der Waals surface area contributed by atoms with Crippen molar-refractivity contribution in [2.45, 2.75) is 12.8 Å². The van der Waals surface area contributed by atoms with Gasteiger partial charge in [0, 0.05) is 24.3 Å². The molecule has 36 heavy (non-hydrogen) atoms. The summed E-state index contributed by atoms with van der Waals surface area (Å²) in [5.74, 6) is -2.13. The molecule has 0 bridgehead atoms. The summed E-state index contributed by atoms with van der Waals surface area (Å²) in [6, 6.07) is 5.02. The van der Waals surface area contributed by atoms with Gasteiger partial charge in [-0.15, -0.1) is 0 Å². The van der Waals surface area contributed by atoms with Gasteiger partial charge in [0.1, 0.15) is 9.81 Å². The van der Waals surface area contributed by atoms with E-state index < -0.39 is 42.0 Å². The summed E-state index contributed by atoms with van der Waals surface area (Å²) in [5, 5.41) is 31.9. The molecule has 0 heterocycles. The number of aromatic carboxylic acids is 2. The van der Waals surface area contributed by atoms with E-state index in [2.05, 4.69) is 0 Å². The molecule has 0 saturated carbocycles. The van der Waals surface area contributed by atoms with E-state index in [0.717, 1.165) is 12.2 Å². The van der Waals surface area contributed by atoms with E-state index in [9.17, 15) is 35.5 Å². The number of allylic oxidation sites excluding steroid dienone is 8. The molecule has 190 valence electrons. The van der Waals surface area contributed by atoms with Crippen molar-refractivity contribution in [1.29, 1.82) is 10.8 Å². The fraction of sp³-hybridized carbons (Fsp3) is 0.0909. The van der Waals surface area contributed by atoms with Crippen molar-refractivity contribution >= 4 is 43.6 Å². The minimum Gasteiger partial charge on any atom is -0.478 e. The molecule has 2 aliphatic rings. The zero-order valence-corrected chi connectivity index (χ0v) is 19.9. The third-order valence-corrected chi connectivity index (χ3v) is 6.46. The molecule has 1 aromatic carbocycles. The van der Waals surface area contributed by atoms with Crippen LogP contribution in [0.25, 0.3) is 0 Å². The van der Waals surface area contributed by atoms with Gasteiger partial charge in [-0.25, -0.2) is 9.59 Å². The normalized spacial score (nSPS) is 16.3. The molecule has 3 rings (SSSR count). The second-order valence-electron chi connectivity index (χ2n) is 7.27. The largest absolute Gasteiger partial charge is 0.478 e.